The molecule has 2 aromatic carbocycles. The Hall–Kier alpha value is -3.72. The number of fused-ring (bicyclic) bond motifs is 3. The fourth-order valence-corrected chi connectivity index (χ4v) is 6.26. The van der Waals surface area contributed by atoms with Crippen LogP contribution in [0.15, 0.2) is 46.4 Å². The third kappa shape index (κ3) is 4.58. The number of hydrogen-bond acceptors (Lipinski definition) is 6. The van der Waals surface area contributed by atoms with Gasteiger partial charge in [0.25, 0.3) is 0 Å². The summed E-state index contributed by atoms with van der Waals surface area (Å²) >= 11 is 0. The van der Waals surface area contributed by atoms with Crippen molar-refractivity contribution in [1.82, 2.24) is 0 Å². The van der Waals surface area contributed by atoms with Gasteiger partial charge >= 0.3 is 5.97 Å². The zero-order valence-electron chi connectivity index (χ0n) is 21.6. The lowest BCUT2D eigenvalue weighted by Gasteiger charge is -2.41. The third-order valence-electron chi connectivity index (χ3n) is 8.39. The number of rotatable bonds is 8. The first-order valence-corrected chi connectivity index (χ1v) is 13.4. The van der Waals surface area contributed by atoms with Crippen molar-refractivity contribution < 1.29 is 32.6 Å². The van der Waals surface area contributed by atoms with Gasteiger partial charge in [0.2, 0.25) is 5.76 Å². The topological polar surface area (TPSA) is 106 Å². The van der Waals surface area contributed by atoms with Crippen LogP contribution >= 0.6 is 0 Å². The number of halogens is 2. The Labute approximate surface area is 224 Å². The molecule has 3 N–H and O–H groups in total. The predicted octanol–water partition coefficient (Wildman–Crippen LogP) is 5.58. The Kier molecular flexibility index (Phi) is 6.41. The van der Waals surface area contributed by atoms with E-state index in [-0.39, 0.29) is 59.1 Å². The summed E-state index contributed by atoms with van der Waals surface area (Å²) in [5.74, 6) is -3.16. The molecule has 1 saturated carbocycles. The van der Waals surface area contributed by atoms with E-state index in [0.29, 0.717) is 5.58 Å². The first-order valence-electron chi connectivity index (χ1n) is 13.4. The van der Waals surface area contributed by atoms with Gasteiger partial charge in [-0.15, -0.1) is 0 Å². The fourth-order valence-electron chi connectivity index (χ4n) is 6.26. The van der Waals surface area contributed by atoms with Crippen LogP contribution in [0.3, 0.4) is 0 Å². The van der Waals surface area contributed by atoms with Crippen LogP contribution in [-0.2, 0) is 9.53 Å². The molecule has 0 spiro atoms. The Bertz CT molecular complexity index is 1470. The number of carboxylic acid groups (broad SMARTS) is 1. The summed E-state index contributed by atoms with van der Waals surface area (Å²) in [5.41, 5.74) is 8.36. The highest BCUT2D eigenvalue weighted by molar-refractivity contribution is 6.05. The number of carboxylic acids is 1. The number of anilines is 1. The number of furan rings is 1. The molecule has 3 heterocycles. The highest BCUT2D eigenvalue weighted by Gasteiger charge is 2.42. The average molecular weight is 537 g/mol. The van der Waals surface area contributed by atoms with Gasteiger partial charge < -0.3 is 24.9 Å². The van der Waals surface area contributed by atoms with Crippen LogP contribution in [0, 0.1) is 24.5 Å². The van der Waals surface area contributed by atoms with E-state index in [2.05, 4.69) is 4.90 Å². The lowest BCUT2D eigenvalue weighted by Crippen LogP contribution is -2.46. The molecule has 0 amide bonds. The number of nitrogens with zero attached hydrogens (tertiary/aromatic N) is 1. The maximum atomic E-state index is 14.5. The number of ketones is 1. The van der Waals surface area contributed by atoms with Gasteiger partial charge in [-0.05, 0) is 81.3 Å². The molecule has 2 unspecified atom stereocenters. The number of nitrogens with two attached hydrogens (primary N) is 1. The van der Waals surface area contributed by atoms with Gasteiger partial charge in [-0.2, -0.15) is 0 Å². The third-order valence-corrected chi connectivity index (χ3v) is 8.39. The van der Waals surface area contributed by atoms with E-state index in [9.17, 15) is 23.5 Å². The summed E-state index contributed by atoms with van der Waals surface area (Å²) in [6.45, 7) is 1.89. The Morgan fingerprint density at radius 3 is 2.36 bits per heavy atom. The van der Waals surface area contributed by atoms with Crippen molar-refractivity contribution >= 4 is 34.1 Å². The summed E-state index contributed by atoms with van der Waals surface area (Å²) in [6.07, 6.45) is 4.80. The van der Waals surface area contributed by atoms with Gasteiger partial charge in [-0.25, -0.2) is 13.6 Å². The molecule has 1 aliphatic carbocycles. The molecule has 7 nitrogen and oxygen atoms in total. The summed E-state index contributed by atoms with van der Waals surface area (Å²) in [7, 11) is 0. The van der Waals surface area contributed by atoms with Crippen molar-refractivity contribution in [2.24, 2.45) is 11.7 Å². The van der Waals surface area contributed by atoms with E-state index in [1.54, 1.807) is 6.07 Å². The molecule has 2 saturated heterocycles. The van der Waals surface area contributed by atoms with Crippen molar-refractivity contribution in [2.75, 3.05) is 11.5 Å². The molecule has 3 atom stereocenters. The van der Waals surface area contributed by atoms with Crippen molar-refractivity contribution in [3.8, 4) is 0 Å². The molecule has 6 rings (SSSR count). The van der Waals surface area contributed by atoms with Gasteiger partial charge in [0.1, 0.15) is 17.2 Å². The molecular weight excluding hydrogens is 506 g/mol. The van der Waals surface area contributed by atoms with Crippen molar-refractivity contribution in [2.45, 2.75) is 63.6 Å². The van der Waals surface area contributed by atoms with Gasteiger partial charge in [0.15, 0.2) is 5.78 Å². The van der Waals surface area contributed by atoms with Crippen LogP contribution in [0.5, 0.6) is 0 Å². The molecule has 39 heavy (non-hydrogen) atoms. The fraction of sp³-hybridized carbons (Fsp3) is 0.400. The van der Waals surface area contributed by atoms with Crippen LogP contribution in [0.1, 0.15) is 60.2 Å². The molecule has 0 radical (unpaired) electrons. The Morgan fingerprint density at radius 1 is 1.08 bits per heavy atom. The molecule has 3 aromatic rings. The van der Waals surface area contributed by atoms with Gasteiger partial charge in [0.05, 0.1) is 24.0 Å². The van der Waals surface area contributed by atoms with Gasteiger partial charge in [0, 0.05) is 34.6 Å². The zero-order valence-corrected chi connectivity index (χ0v) is 21.6. The molecule has 3 fully saturated rings. The summed E-state index contributed by atoms with van der Waals surface area (Å²) in [6, 6.07) is 9.32. The van der Waals surface area contributed by atoms with E-state index in [1.165, 1.54) is 6.07 Å². The quantitative estimate of drug-likeness (QED) is 0.362. The van der Waals surface area contributed by atoms with Crippen LogP contribution in [0.2, 0.25) is 0 Å². The van der Waals surface area contributed by atoms with E-state index in [1.807, 2.05) is 19.1 Å². The van der Waals surface area contributed by atoms with Crippen molar-refractivity contribution in [3.63, 3.8) is 0 Å². The number of Topliss-reactive ketones (excluding diaryl/α,β-unsaturated/α-hetero) is 1. The number of aryl methyl sites for hydroxylation is 1. The van der Waals surface area contributed by atoms with E-state index in [0.717, 1.165) is 67.3 Å². The largest absolute Gasteiger partial charge is 0.475 e. The van der Waals surface area contributed by atoms with Crippen molar-refractivity contribution in [3.05, 3.63) is 70.5 Å². The minimum Gasteiger partial charge on any atom is -0.475 e. The molecule has 2 bridgehead atoms. The maximum Gasteiger partial charge on any atom is 0.371 e. The molecule has 1 aromatic heterocycles. The highest BCUT2D eigenvalue weighted by Crippen LogP contribution is 2.43. The van der Waals surface area contributed by atoms with E-state index >= 15 is 0 Å². The number of benzene rings is 2. The first-order chi connectivity index (χ1) is 18.7. The number of carbonyl (C=O) groups is 2. The van der Waals surface area contributed by atoms with E-state index < -0.39 is 17.6 Å². The number of piperidine rings is 1. The second-order valence-electron chi connectivity index (χ2n) is 10.9. The monoisotopic (exact) mass is 536 g/mol. The van der Waals surface area contributed by atoms with Crippen LogP contribution in [0.4, 0.5) is 14.5 Å². The first kappa shape index (κ1) is 25.6. The summed E-state index contributed by atoms with van der Waals surface area (Å²) in [4.78, 5) is 26.8. The Morgan fingerprint density at radius 2 is 1.74 bits per heavy atom. The van der Waals surface area contributed by atoms with Gasteiger partial charge in [-0.3, -0.25) is 4.79 Å². The summed E-state index contributed by atoms with van der Waals surface area (Å²) < 4.78 is 40.7. The number of aromatic carboxylic acids is 1. The van der Waals surface area contributed by atoms with Crippen molar-refractivity contribution in [1.29, 1.82) is 0 Å². The maximum absolute atomic E-state index is 14.5. The average Bonchev–Trinajstić information content (AvgIpc) is 3.60. The normalized spacial score (nSPS) is 23.3. The summed E-state index contributed by atoms with van der Waals surface area (Å²) in [5, 5.41) is 10.1. The lowest BCUT2D eigenvalue weighted by molar-refractivity contribution is -0.117. The second-order valence-corrected chi connectivity index (χ2v) is 10.9. The number of hydrogen-bond donors (Lipinski definition) is 2. The van der Waals surface area contributed by atoms with E-state index in [4.69, 9.17) is 14.9 Å². The highest BCUT2D eigenvalue weighted by atomic mass is 19.1. The molecule has 204 valence electrons. The van der Waals surface area contributed by atoms with Crippen LogP contribution in [-0.4, -0.2) is 41.7 Å². The second kappa shape index (κ2) is 9.79. The van der Waals surface area contributed by atoms with Crippen LogP contribution < -0.4 is 10.6 Å². The smallest absolute Gasteiger partial charge is 0.371 e. The minimum absolute atomic E-state index is 0.0838. The molecule has 3 aliphatic rings. The SMILES string of the molecule is Cc1c(N2C3CC[C@H]2CC(OCC(C(=O)C2CC2)=C(N)c2c(F)cccc2F)C3)ccc2oc(C(=O)O)cc12. The zero-order chi connectivity index (χ0) is 27.4. The number of carbonyl (C=O) groups excluding carboxylic acids is 1. The Balaban J connectivity index is 1.22. The predicted molar refractivity (Wildman–Crippen MR) is 141 cm³/mol. The molecule has 9 heteroatoms. The lowest BCUT2D eigenvalue weighted by atomic mass is 9.96. The molecular formula is C30H30F2N2O5. The molecule has 2 aliphatic heterocycles. The van der Waals surface area contributed by atoms with Gasteiger partial charge in [-0.1, -0.05) is 6.07 Å². The van der Waals surface area contributed by atoms with Crippen LogP contribution in [0.25, 0.3) is 16.7 Å². The minimum atomic E-state index is -1.10. The number of ether oxygens (including phenoxy) is 1. The standard InChI is InChI=1S/C30H30F2N2O5/c1-15-20-13-26(30(36)37)39-25(20)10-9-24(15)34-17-7-8-18(34)12-19(11-17)38-14-21(29(35)16-5-6-16)28(33)27-22(31)3-2-4-23(27)32/h2-4,9-10,13,16-19H,5-8,11-12,14,33H2,1H3,(H,36,37)/t17-,18?,19?/m0/s1.